The van der Waals surface area contributed by atoms with E-state index in [1.165, 1.54) is 18.3 Å². The molecule has 0 aromatic heterocycles. The van der Waals surface area contributed by atoms with E-state index in [0.717, 1.165) is 8.47 Å². The van der Waals surface area contributed by atoms with Gasteiger partial charge in [-0.2, -0.15) is 0 Å². The SMILES string of the molecule is CC1=C(C)SC(=C2SC(S)=C(S)S2)S1. The summed E-state index contributed by atoms with van der Waals surface area (Å²) in [4.78, 5) is 2.82. The Labute approximate surface area is 112 Å². The molecule has 0 aromatic carbocycles. The molecule has 0 radical (unpaired) electrons. The second-order valence-electron chi connectivity index (χ2n) is 2.71. The topological polar surface area (TPSA) is 0 Å². The first-order chi connectivity index (χ1) is 6.58. The molecule has 0 saturated heterocycles. The molecule has 0 aliphatic carbocycles. The van der Waals surface area contributed by atoms with Gasteiger partial charge in [0.25, 0.3) is 0 Å². The minimum Gasteiger partial charge on any atom is -0.135 e. The molecule has 0 bridgehead atoms. The Kier molecular flexibility index (Phi) is 3.94. The molecular weight excluding hydrogens is 288 g/mol. The lowest BCUT2D eigenvalue weighted by atomic mass is 10.6. The van der Waals surface area contributed by atoms with E-state index in [1.54, 1.807) is 23.5 Å². The molecule has 2 aliphatic heterocycles. The van der Waals surface area contributed by atoms with Crippen LogP contribution in [0.15, 0.2) is 26.8 Å². The van der Waals surface area contributed by atoms with Crippen molar-refractivity contribution in [3.63, 3.8) is 0 Å². The summed E-state index contributed by atoms with van der Waals surface area (Å²) in [5.74, 6) is 0. The van der Waals surface area contributed by atoms with Gasteiger partial charge in [-0.05, 0) is 23.7 Å². The lowest BCUT2D eigenvalue weighted by Gasteiger charge is -2.00. The minimum absolute atomic E-state index is 1.02. The van der Waals surface area contributed by atoms with Gasteiger partial charge in [0.15, 0.2) is 0 Å². The zero-order valence-corrected chi connectivity index (χ0v) is 12.6. The largest absolute Gasteiger partial charge is 0.135 e. The van der Waals surface area contributed by atoms with Crippen LogP contribution in [0.5, 0.6) is 0 Å². The molecular formula is C8H8S6. The summed E-state index contributed by atoms with van der Waals surface area (Å²) in [6.45, 7) is 4.34. The Balaban J connectivity index is 2.17. The molecule has 0 aromatic rings. The molecule has 0 spiro atoms. The predicted octanol–water partition coefficient (Wildman–Crippen LogP) is 5.31. The Morgan fingerprint density at radius 3 is 1.50 bits per heavy atom. The standard InChI is InChI=1S/C8H8S6/c1-3-4(2)12-7(11-3)8-13-5(9)6(10)14-8/h9-10H,1-2H3. The van der Waals surface area contributed by atoms with Crippen LogP contribution in [-0.4, -0.2) is 0 Å². The summed E-state index contributed by atoms with van der Waals surface area (Å²) < 4.78 is 4.74. The third kappa shape index (κ3) is 2.35. The van der Waals surface area contributed by atoms with Crippen LogP contribution in [0.1, 0.15) is 13.8 Å². The predicted molar refractivity (Wildman–Crippen MR) is 80.8 cm³/mol. The fourth-order valence-electron chi connectivity index (χ4n) is 0.893. The quantitative estimate of drug-likeness (QED) is 0.581. The van der Waals surface area contributed by atoms with Gasteiger partial charge < -0.3 is 0 Å². The van der Waals surface area contributed by atoms with Crippen LogP contribution in [0.3, 0.4) is 0 Å². The van der Waals surface area contributed by atoms with Crippen LogP contribution in [0.4, 0.5) is 0 Å². The van der Waals surface area contributed by atoms with Crippen LogP contribution in [-0.2, 0) is 0 Å². The average Bonchev–Trinajstić information content (AvgIpc) is 2.60. The normalized spacial score (nSPS) is 23.1. The van der Waals surface area contributed by atoms with Gasteiger partial charge in [-0.1, -0.05) is 47.0 Å². The second-order valence-corrected chi connectivity index (χ2v) is 9.21. The van der Waals surface area contributed by atoms with E-state index in [2.05, 4.69) is 39.1 Å². The molecule has 0 atom stereocenters. The highest BCUT2D eigenvalue weighted by Crippen LogP contribution is 2.60. The summed E-state index contributed by atoms with van der Waals surface area (Å²) in [5.41, 5.74) is 0. The third-order valence-corrected chi connectivity index (χ3v) is 8.54. The molecule has 2 heterocycles. The first-order valence-electron chi connectivity index (χ1n) is 3.83. The molecule has 0 unspecified atom stereocenters. The third-order valence-electron chi connectivity index (χ3n) is 1.72. The van der Waals surface area contributed by atoms with Crippen molar-refractivity contribution in [2.45, 2.75) is 13.8 Å². The maximum Gasteiger partial charge on any atom is 0.0717 e. The monoisotopic (exact) mass is 296 g/mol. The molecule has 2 rings (SSSR count). The Morgan fingerprint density at radius 2 is 1.07 bits per heavy atom. The maximum atomic E-state index is 4.36. The van der Waals surface area contributed by atoms with Gasteiger partial charge in [-0.3, -0.25) is 0 Å². The molecule has 0 N–H and O–H groups in total. The lowest BCUT2D eigenvalue weighted by molar-refractivity contribution is 1.57. The molecule has 2 aliphatic rings. The molecule has 0 saturated carbocycles. The number of allylic oxidation sites excluding steroid dienone is 2. The van der Waals surface area contributed by atoms with E-state index >= 15 is 0 Å². The van der Waals surface area contributed by atoms with Gasteiger partial charge in [0, 0.05) is 0 Å². The van der Waals surface area contributed by atoms with Crippen molar-refractivity contribution in [3.8, 4) is 0 Å². The van der Waals surface area contributed by atoms with Gasteiger partial charge in [0.2, 0.25) is 0 Å². The number of thiol groups is 2. The highest BCUT2D eigenvalue weighted by atomic mass is 32.2. The summed E-state index contributed by atoms with van der Waals surface area (Å²) >= 11 is 15.9. The Hall–Kier alpha value is 1.32. The zero-order chi connectivity index (χ0) is 10.3. The Bertz CT molecular complexity index is 307. The van der Waals surface area contributed by atoms with E-state index in [0.29, 0.717) is 0 Å². The summed E-state index contributed by atoms with van der Waals surface area (Å²) in [7, 11) is 0. The first kappa shape index (κ1) is 11.8. The summed E-state index contributed by atoms with van der Waals surface area (Å²) in [6.07, 6.45) is 0. The smallest absolute Gasteiger partial charge is 0.0717 e. The number of rotatable bonds is 0. The van der Waals surface area contributed by atoms with E-state index in [1.807, 2.05) is 23.5 Å². The van der Waals surface area contributed by atoms with Gasteiger partial charge >= 0.3 is 0 Å². The van der Waals surface area contributed by atoms with Crippen molar-refractivity contribution in [1.29, 1.82) is 0 Å². The number of hydrogen-bond acceptors (Lipinski definition) is 6. The van der Waals surface area contributed by atoms with Crippen LogP contribution < -0.4 is 0 Å². The summed E-state index contributed by atoms with van der Waals surface area (Å²) in [6, 6.07) is 0. The molecule has 0 fully saturated rings. The van der Waals surface area contributed by atoms with Crippen molar-refractivity contribution in [1.82, 2.24) is 0 Å². The minimum atomic E-state index is 1.02. The van der Waals surface area contributed by atoms with Crippen LogP contribution in [0.25, 0.3) is 0 Å². The van der Waals surface area contributed by atoms with Crippen molar-refractivity contribution < 1.29 is 0 Å². The van der Waals surface area contributed by atoms with Gasteiger partial charge in [0.05, 0.1) is 16.9 Å². The van der Waals surface area contributed by atoms with E-state index in [-0.39, 0.29) is 0 Å². The molecule has 0 amide bonds. The molecule has 6 heteroatoms. The fourth-order valence-corrected chi connectivity index (χ4v) is 6.87. The highest BCUT2D eigenvalue weighted by Gasteiger charge is 2.24. The highest BCUT2D eigenvalue weighted by molar-refractivity contribution is 8.39. The van der Waals surface area contributed by atoms with Crippen molar-refractivity contribution >= 4 is 72.3 Å². The van der Waals surface area contributed by atoms with Crippen LogP contribution >= 0.6 is 72.3 Å². The Morgan fingerprint density at radius 1 is 0.714 bits per heavy atom. The van der Waals surface area contributed by atoms with Crippen molar-refractivity contribution in [2.75, 3.05) is 0 Å². The molecule has 76 valence electrons. The van der Waals surface area contributed by atoms with Gasteiger partial charge in [-0.15, -0.1) is 25.3 Å². The second kappa shape index (κ2) is 4.67. The molecule has 0 nitrogen and oxygen atoms in total. The maximum absolute atomic E-state index is 4.36. The first-order valence-corrected chi connectivity index (χ1v) is 7.99. The van der Waals surface area contributed by atoms with Crippen LogP contribution in [0.2, 0.25) is 0 Å². The van der Waals surface area contributed by atoms with Gasteiger partial charge in [-0.25, -0.2) is 0 Å². The zero-order valence-electron chi connectivity index (χ0n) is 7.53. The van der Waals surface area contributed by atoms with Crippen molar-refractivity contribution in [2.24, 2.45) is 0 Å². The van der Waals surface area contributed by atoms with Gasteiger partial charge in [0.1, 0.15) is 0 Å². The number of hydrogen-bond donors (Lipinski definition) is 2. The van der Waals surface area contributed by atoms with E-state index < -0.39 is 0 Å². The van der Waals surface area contributed by atoms with E-state index in [9.17, 15) is 0 Å². The average molecular weight is 297 g/mol. The van der Waals surface area contributed by atoms with Crippen LogP contribution in [0, 0.1) is 0 Å². The fraction of sp³-hybridized carbons (Fsp3) is 0.250. The summed E-state index contributed by atoms with van der Waals surface area (Å²) in [5, 5.41) is 0. The number of thioether (sulfide) groups is 4. The lowest BCUT2D eigenvalue weighted by Crippen LogP contribution is -1.66. The van der Waals surface area contributed by atoms with Crippen molar-refractivity contribution in [3.05, 3.63) is 26.8 Å². The van der Waals surface area contributed by atoms with E-state index in [4.69, 9.17) is 0 Å². The molecule has 14 heavy (non-hydrogen) atoms.